The second kappa shape index (κ2) is 10.1. The second-order valence-corrected chi connectivity index (χ2v) is 8.68. The first-order chi connectivity index (χ1) is 16.7. The maximum atomic E-state index is 13.2. The third-order valence-electron chi connectivity index (χ3n) is 6.33. The normalized spacial score (nSPS) is 14.6. The van der Waals surface area contributed by atoms with E-state index in [1.165, 1.54) is 25.7 Å². The highest BCUT2D eigenvalue weighted by molar-refractivity contribution is 6.06. The Morgan fingerprint density at radius 3 is 2.68 bits per heavy atom. The van der Waals surface area contributed by atoms with Crippen LogP contribution in [0.2, 0.25) is 0 Å². The molecule has 0 atom stereocenters. The minimum Gasteiger partial charge on any atom is -0.496 e. The van der Waals surface area contributed by atoms with Crippen LogP contribution in [-0.4, -0.2) is 46.0 Å². The number of rotatable bonds is 6. The topological polar surface area (TPSA) is 83.1 Å². The standard InChI is InChI=1S/C27H29N5O2/c1-34-24-17-19(12-13-20(24)18-32-15-6-2-3-7-16-32)27(33)30-22-10-5-4-9-21(22)25-29-23-11-8-14-28-26(23)31-25/h4-5,8-14,17H,2-3,6-7,15-16,18H2,1H3,(H,30,33)(H,28,29,31). The molecule has 0 unspecified atom stereocenters. The van der Waals surface area contributed by atoms with Crippen LogP contribution in [0.15, 0.2) is 60.8 Å². The summed E-state index contributed by atoms with van der Waals surface area (Å²) in [6, 6.07) is 17.1. The molecule has 1 aliphatic heterocycles. The molecule has 0 aliphatic carbocycles. The predicted molar refractivity (Wildman–Crippen MR) is 134 cm³/mol. The van der Waals surface area contributed by atoms with Crippen LogP contribution in [0.25, 0.3) is 22.6 Å². The van der Waals surface area contributed by atoms with Gasteiger partial charge < -0.3 is 15.0 Å². The molecule has 0 radical (unpaired) electrons. The van der Waals surface area contributed by atoms with Gasteiger partial charge in [0.2, 0.25) is 0 Å². The minimum atomic E-state index is -0.193. The van der Waals surface area contributed by atoms with Crippen molar-refractivity contribution in [2.45, 2.75) is 32.2 Å². The van der Waals surface area contributed by atoms with Gasteiger partial charge in [-0.05, 0) is 62.3 Å². The SMILES string of the molecule is COc1cc(C(=O)Nc2ccccc2-c2nc3ncccc3[nH]2)ccc1CN1CCCCCC1. The molecule has 0 spiro atoms. The van der Waals surface area contributed by atoms with Gasteiger partial charge in [0.15, 0.2) is 5.65 Å². The van der Waals surface area contributed by atoms with Gasteiger partial charge in [-0.15, -0.1) is 0 Å². The van der Waals surface area contributed by atoms with Gasteiger partial charge in [0.05, 0.1) is 18.3 Å². The summed E-state index contributed by atoms with van der Waals surface area (Å²) in [7, 11) is 1.66. The first-order valence-corrected chi connectivity index (χ1v) is 11.8. The predicted octanol–water partition coefficient (Wildman–Crippen LogP) is 5.26. The molecule has 174 valence electrons. The van der Waals surface area contributed by atoms with E-state index in [1.807, 2.05) is 54.6 Å². The maximum Gasteiger partial charge on any atom is 0.255 e. The molecule has 2 aromatic carbocycles. The van der Waals surface area contributed by atoms with Crippen LogP contribution in [0.3, 0.4) is 0 Å². The number of carbonyl (C=O) groups excluding carboxylic acids is 1. The zero-order valence-corrected chi connectivity index (χ0v) is 19.4. The van der Waals surface area contributed by atoms with Gasteiger partial charge in [-0.1, -0.05) is 31.0 Å². The van der Waals surface area contributed by atoms with Crippen molar-refractivity contribution in [1.29, 1.82) is 0 Å². The number of ether oxygens (including phenoxy) is 1. The molecule has 1 saturated heterocycles. The Morgan fingerprint density at radius 1 is 1.06 bits per heavy atom. The number of imidazole rings is 1. The number of benzene rings is 2. The van der Waals surface area contributed by atoms with Gasteiger partial charge >= 0.3 is 0 Å². The zero-order chi connectivity index (χ0) is 23.3. The van der Waals surface area contributed by atoms with Crippen LogP contribution >= 0.6 is 0 Å². The Bertz CT molecular complexity index is 1260. The highest BCUT2D eigenvalue weighted by atomic mass is 16.5. The molecule has 2 aromatic heterocycles. The molecule has 5 rings (SSSR count). The number of aromatic nitrogens is 3. The minimum absolute atomic E-state index is 0.193. The van der Waals surface area contributed by atoms with Crippen molar-refractivity contribution < 1.29 is 9.53 Å². The van der Waals surface area contributed by atoms with Gasteiger partial charge in [0, 0.05) is 29.4 Å². The summed E-state index contributed by atoms with van der Waals surface area (Å²) in [6.45, 7) is 3.06. The molecule has 2 N–H and O–H groups in total. The Labute approximate surface area is 199 Å². The van der Waals surface area contributed by atoms with Crippen LogP contribution in [-0.2, 0) is 6.54 Å². The Hall–Kier alpha value is -3.71. The van der Waals surface area contributed by atoms with Crippen LogP contribution in [0.4, 0.5) is 5.69 Å². The number of aromatic amines is 1. The summed E-state index contributed by atoms with van der Waals surface area (Å²) in [6.07, 6.45) is 6.80. The quantitative estimate of drug-likeness (QED) is 0.414. The molecule has 0 bridgehead atoms. The number of pyridine rings is 1. The van der Waals surface area contributed by atoms with Crippen molar-refractivity contribution in [3.8, 4) is 17.1 Å². The first kappa shape index (κ1) is 22.1. The fourth-order valence-electron chi connectivity index (χ4n) is 4.52. The molecular weight excluding hydrogens is 426 g/mol. The summed E-state index contributed by atoms with van der Waals surface area (Å²) in [4.78, 5) is 27.8. The van der Waals surface area contributed by atoms with Crippen molar-refractivity contribution in [1.82, 2.24) is 19.9 Å². The van der Waals surface area contributed by atoms with Crippen LogP contribution in [0.5, 0.6) is 5.75 Å². The molecule has 0 saturated carbocycles. The van der Waals surface area contributed by atoms with Crippen LogP contribution in [0.1, 0.15) is 41.6 Å². The summed E-state index contributed by atoms with van der Waals surface area (Å²) in [5.41, 5.74) is 4.64. The third kappa shape index (κ3) is 4.79. The fourth-order valence-corrected chi connectivity index (χ4v) is 4.52. The molecule has 1 fully saturated rings. The van der Waals surface area contributed by atoms with Gasteiger partial charge in [-0.25, -0.2) is 9.97 Å². The largest absolute Gasteiger partial charge is 0.496 e. The molecule has 7 nitrogen and oxygen atoms in total. The van der Waals surface area contributed by atoms with Crippen LogP contribution in [0, 0.1) is 0 Å². The Morgan fingerprint density at radius 2 is 1.88 bits per heavy atom. The number of nitrogens with zero attached hydrogens (tertiary/aromatic N) is 3. The lowest BCUT2D eigenvalue weighted by atomic mass is 10.1. The summed E-state index contributed by atoms with van der Waals surface area (Å²) in [5, 5.41) is 3.04. The van der Waals surface area contributed by atoms with E-state index in [0.717, 1.165) is 42.0 Å². The van der Waals surface area contributed by atoms with Gasteiger partial charge in [-0.3, -0.25) is 9.69 Å². The average molecular weight is 456 g/mol. The Kier molecular flexibility index (Phi) is 6.53. The molecule has 1 amide bonds. The molecule has 7 heteroatoms. The zero-order valence-electron chi connectivity index (χ0n) is 19.4. The summed E-state index contributed by atoms with van der Waals surface area (Å²) in [5.74, 6) is 1.21. The number of para-hydroxylation sites is 1. The van der Waals surface area contributed by atoms with Crippen molar-refractivity contribution in [2.24, 2.45) is 0 Å². The van der Waals surface area contributed by atoms with Gasteiger partial charge in [0.25, 0.3) is 5.91 Å². The molecule has 4 aromatic rings. The number of hydrogen-bond donors (Lipinski definition) is 2. The van der Waals surface area contributed by atoms with E-state index in [-0.39, 0.29) is 5.91 Å². The van der Waals surface area contributed by atoms with Crippen molar-refractivity contribution >= 4 is 22.8 Å². The van der Waals surface area contributed by atoms with E-state index >= 15 is 0 Å². The van der Waals surface area contributed by atoms with E-state index in [4.69, 9.17) is 4.74 Å². The third-order valence-corrected chi connectivity index (χ3v) is 6.33. The monoisotopic (exact) mass is 455 g/mol. The van der Waals surface area contributed by atoms with Crippen molar-refractivity contribution in [2.75, 3.05) is 25.5 Å². The van der Waals surface area contributed by atoms with E-state index < -0.39 is 0 Å². The summed E-state index contributed by atoms with van der Waals surface area (Å²) >= 11 is 0. The van der Waals surface area contributed by atoms with Crippen molar-refractivity contribution in [3.05, 3.63) is 71.9 Å². The molecule has 1 aliphatic rings. The van der Waals surface area contributed by atoms with Gasteiger partial charge in [-0.2, -0.15) is 0 Å². The number of amides is 1. The van der Waals surface area contributed by atoms with E-state index in [1.54, 1.807) is 13.3 Å². The number of nitrogens with one attached hydrogen (secondary N) is 2. The lowest BCUT2D eigenvalue weighted by molar-refractivity contribution is 0.102. The number of carbonyl (C=O) groups is 1. The van der Waals surface area contributed by atoms with Crippen LogP contribution < -0.4 is 10.1 Å². The molecule has 34 heavy (non-hydrogen) atoms. The fraction of sp³-hybridized carbons (Fsp3) is 0.296. The van der Waals surface area contributed by atoms with Crippen molar-refractivity contribution in [3.63, 3.8) is 0 Å². The molecule has 3 heterocycles. The number of anilines is 1. The van der Waals surface area contributed by atoms with E-state index in [0.29, 0.717) is 22.7 Å². The lowest BCUT2D eigenvalue weighted by Gasteiger charge is -2.21. The maximum absolute atomic E-state index is 13.2. The number of hydrogen-bond acceptors (Lipinski definition) is 5. The number of methoxy groups -OCH3 is 1. The summed E-state index contributed by atoms with van der Waals surface area (Å²) < 4.78 is 5.66. The average Bonchev–Trinajstić information content (AvgIpc) is 3.13. The number of likely N-dealkylation sites (tertiary alicyclic amines) is 1. The highest BCUT2D eigenvalue weighted by Crippen LogP contribution is 2.28. The smallest absolute Gasteiger partial charge is 0.255 e. The Balaban J connectivity index is 1.36. The van der Waals surface area contributed by atoms with Gasteiger partial charge in [0.1, 0.15) is 11.6 Å². The van der Waals surface area contributed by atoms with E-state index in [2.05, 4.69) is 25.2 Å². The number of fused-ring (bicyclic) bond motifs is 1. The second-order valence-electron chi connectivity index (χ2n) is 8.68. The number of H-pyrrole nitrogens is 1. The molecular formula is C27H29N5O2. The lowest BCUT2D eigenvalue weighted by Crippen LogP contribution is -2.24. The first-order valence-electron chi connectivity index (χ1n) is 11.8. The highest BCUT2D eigenvalue weighted by Gasteiger charge is 2.17. The van der Waals surface area contributed by atoms with E-state index in [9.17, 15) is 4.79 Å².